The number of hydrogen-bond donors (Lipinski definition) is 0. The molecule has 0 aliphatic heterocycles. The van der Waals surface area contributed by atoms with Crippen LogP contribution >= 0.6 is 0 Å². The number of allylic oxidation sites excluding steroid dienone is 6. The minimum atomic E-state index is 0.274. The van der Waals surface area contributed by atoms with Crippen molar-refractivity contribution in [3.8, 4) is 0 Å². The predicted molar refractivity (Wildman–Crippen MR) is 129 cm³/mol. The summed E-state index contributed by atoms with van der Waals surface area (Å²) in [4.78, 5) is 0. The van der Waals surface area contributed by atoms with Gasteiger partial charge in [0.1, 0.15) is 0 Å². The van der Waals surface area contributed by atoms with E-state index in [1.165, 1.54) is 63.4 Å². The molecule has 0 N–H and O–H groups in total. The Labute approximate surface area is 182 Å². The summed E-state index contributed by atoms with van der Waals surface area (Å²) in [6.07, 6.45) is 20.1. The average molecular weight is 397 g/mol. The van der Waals surface area contributed by atoms with Crippen LogP contribution in [0, 0.1) is 34.0 Å². The van der Waals surface area contributed by atoms with Crippen molar-refractivity contribution in [2.75, 3.05) is 0 Å². The van der Waals surface area contributed by atoms with Crippen molar-refractivity contribution in [1.29, 1.82) is 0 Å². The van der Waals surface area contributed by atoms with Gasteiger partial charge in [0, 0.05) is 0 Å². The molecule has 0 saturated heterocycles. The predicted octanol–water partition coefficient (Wildman–Crippen LogP) is 9.28. The van der Waals surface area contributed by atoms with Gasteiger partial charge in [-0.05, 0) is 99.2 Å². The third-order valence-electron chi connectivity index (χ3n) is 9.02. The number of rotatable bonds is 6. The normalized spacial score (nSPS) is 36.8. The van der Waals surface area contributed by atoms with Gasteiger partial charge in [-0.1, -0.05) is 82.9 Å². The molecule has 3 aliphatic rings. The van der Waals surface area contributed by atoms with Crippen molar-refractivity contribution >= 4 is 0 Å². The second-order valence-corrected chi connectivity index (χ2v) is 12.3. The zero-order valence-corrected chi connectivity index (χ0v) is 20.8. The molecule has 3 aliphatic carbocycles. The lowest BCUT2D eigenvalue weighted by molar-refractivity contribution is 0.0649. The molecule has 5 atom stereocenters. The van der Waals surface area contributed by atoms with Gasteiger partial charge in [0.2, 0.25) is 0 Å². The lowest BCUT2D eigenvalue weighted by Crippen LogP contribution is -2.45. The summed E-state index contributed by atoms with van der Waals surface area (Å²) in [5, 5.41) is 0. The van der Waals surface area contributed by atoms with Gasteiger partial charge in [0.25, 0.3) is 0 Å². The molecule has 0 bridgehead atoms. The second-order valence-electron chi connectivity index (χ2n) is 12.3. The van der Waals surface area contributed by atoms with Crippen molar-refractivity contribution < 1.29 is 0 Å². The molecule has 0 heterocycles. The average Bonchev–Trinajstić information content (AvgIpc) is 2.94. The first-order valence-corrected chi connectivity index (χ1v) is 12.6. The number of hydrogen-bond acceptors (Lipinski definition) is 0. The molecular formula is C29H48. The molecular weight excluding hydrogens is 348 g/mol. The molecule has 0 radical (unpaired) electrons. The van der Waals surface area contributed by atoms with Crippen molar-refractivity contribution in [3.63, 3.8) is 0 Å². The summed E-state index contributed by atoms with van der Waals surface area (Å²) in [5.74, 6) is 2.55. The summed E-state index contributed by atoms with van der Waals surface area (Å²) in [5.41, 5.74) is 6.21. The van der Waals surface area contributed by atoms with E-state index >= 15 is 0 Å². The first kappa shape index (κ1) is 22.9. The van der Waals surface area contributed by atoms with E-state index < -0.39 is 0 Å². The maximum atomic E-state index is 2.66. The fraction of sp³-hybridized carbons (Fsp3) is 0.793. The van der Waals surface area contributed by atoms with Crippen molar-refractivity contribution in [2.24, 2.45) is 34.0 Å². The van der Waals surface area contributed by atoms with Crippen LogP contribution in [0.5, 0.6) is 0 Å². The maximum absolute atomic E-state index is 2.66. The van der Waals surface area contributed by atoms with Gasteiger partial charge >= 0.3 is 0 Å². The topological polar surface area (TPSA) is 0 Å². The van der Waals surface area contributed by atoms with E-state index in [0.717, 1.165) is 17.8 Å². The van der Waals surface area contributed by atoms with E-state index in [-0.39, 0.29) is 5.41 Å². The van der Waals surface area contributed by atoms with E-state index in [4.69, 9.17) is 0 Å². The molecule has 2 fully saturated rings. The monoisotopic (exact) mass is 396 g/mol. The Morgan fingerprint density at radius 2 is 1.79 bits per heavy atom. The van der Waals surface area contributed by atoms with Gasteiger partial charge in [-0.25, -0.2) is 0 Å². The Morgan fingerprint density at radius 3 is 2.41 bits per heavy atom. The highest BCUT2D eigenvalue weighted by Gasteiger charge is 2.55. The minimum absolute atomic E-state index is 0.274. The summed E-state index contributed by atoms with van der Waals surface area (Å²) >= 11 is 0. The lowest BCUT2D eigenvalue weighted by atomic mass is 9.50. The van der Waals surface area contributed by atoms with Gasteiger partial charge in [-0.2, -0.15) is 0 Å². The van der Waals surface area contributed by atoms with E-state index in [0.29, 0.717) is 10.8 Å². The molecule has 0 amide bonds. The third kappa shape index (κ3) is 4.20. The standard InChI is InChI=1S/C29H48/c1-9-19-29(8)25-18-20-28(7)22(13-11-10-12-21(2)3)14-16-24(28)23(25)15-17-26(29)27(4,5)6/h12,15,17,22,24-25H,9-11,13-14,16,18-20H2,1-8H3. The Bertz CT molecular complexity index is 677. The minimum Gasteiger partial charge on any atom is -0.0859 e. The zero-order chi connectivity index (χ0) is 21.4. The van der Waals surface area contributed by atoms with E-state index in [2.05, 4.69) is 73.6 Å². The molecule has 0 spiro atoms. The van der Waals surface area contributed by atoms with Gasteiger partial charge < -0.3 is 0 Å². The van der Waals surface area contributed by atoms with Crippen LogP contribution in [-0.4, -0.2) is 0 Å². The zero-order valence-electron chi connectivity index (χ0n) is 20.8. The number of fused-ring (bicyclic) bond motifs is 3. The van der Waals surface area contributed by atoms with Crippen molar-refractivity contribution in [3.05, 3.63) is 34.9 Å². The van der Waals surface area contributed by atoms with E-state index in [1.807, 2.05) is 5.57 Å². The SMILES string of the molecule is CCCC1(C)C(C(C)(C)C)=CC=C2C1CCC1(C)C(CCCC=C(C)C)CCC21. The molecule has 5 unspecified atom stereocenters. The fourth-order valence-electron chi connectivity index (χ4n) is 7.74. The lowest BCUT2D eigenvalue weighted by Gasteiger charge is -2.55. The van der Waals surface area contributed by atoms with Gasteiger partial charge in [0.05, 0.1) is 0 Å². The van der Waals surface area contributed by atoms with Crippen LogP contribution < -0.4 is 0 Å². The van der Waals surface area contributed by atoms with E-state index in [1.54, 1.807) is 5.57 Å². The van der Waals surface area contributed by atoms with Crippen LogP contribution in [0.3, 0.4) is 0 Å². The Morgan fingerprint density at radius 1 is 1.07 bits per heavy atom. The summed E-state index contributed by atoms with van der Waals surface area (Å²) < 4.78 is 0. The van der Waals surface area contributed by atoms with Crippen molar-refractivity contribution in [2.45, 2.75) is 113 Å². The summed E-state index contributed by atoms with van der Waals surface area (Å²) in [6.45, 7) is 19.4. The third-order valence-corrected chi connectivity index (χ3v) is 9.02. The first-order chi connectivity index (χ1) is 13.5. The quantitative estimate of drug-likeness (QED) is 0.310. The number of unbranched alkanes of at least 4 members (excludes halogenated alkanes) is 1. The summed E-state index contributed by atoms with van der Waals surface area (Å²) in [7, 11) is 0. The van der Waals surface area contributed by atoms with Crippen LogP contribution in [0.2, 0.25) is 0 Å². The van der Waals surface area contributed by atoms with Gasteiger partial charge in [-0.15, -0.1) is 0 Å². The Balaban J connectivity index is 1.85. The molecule has 2 saturated carbocycles. The molecule has 3 rings (SSSR count). The van der Waals surface area contributed by atoms with E-state index in [9.17, 15) is 0 Å². The van der Waals surface area contributed by atoms with Crippen molar-refractivity contribution in [1.82, 2.24) is 0 Å². The molecule has 0 aromatic rings. The van der Waals surface area contributed by atoms with Crippen LogP contribution in [0.25, 0.3) is 0 Å². The Hall–Kier alpha value is -0.780. The van der Waals surface area contributed by atoms with Gasteiger partial charge in [0.15, 0.2) is 0 Å². The summed E-state index contributed by atoms with van der Waals surface area (Å²) in [6, 6.07) is 0. The van der Waals surface area contributed by atoms with Crippen LogP contribution in [0.4, 0.5) is 0 Å². The van der Waals surface area contributed by atoms with Crippen LogP contribution in [0.1, 0.15) is 113 Å². The highest BCUT2D eigenvalue weighted by molar-refractivity contribution is 5.39. The Kier molecular flexibility index (Phi) is 6.63. The maximum Gasteiger partial charge on any atom is -0.00425 e. The first-order valence-electron chi connectivity index (χ1n) is 12.6. The molecule has 0 nitrogen and oxygen atoms in total. The van der Waals surface area contributed by atoms with Crippen LogP contribution in [-0.2, 0) is 0 Å². The highest BCUT2D eigenvalue weighted by atomic mass is 14.6. The van der Waals surface area contributed by atoms with Crippen LogP contribution in [0.15, 0.2) is 34.9 Å². The molecule has 0 aromatic carbocycles. The smallest absolute Gasteiger partial charge is 0.00425 e. The van der Waals surface area contributed by atoms with Gasteiger partial charge in [-0.3, -0.25) is 0 Å². The molecule has 29 heavy (non-hydrogen) atoms. The second kappa shape index (κ2) is 8.39. The largest absolute Gasteiger partial charge is 0.0859 e. The molecule has 164 valence electrons. The molecule has 0 aromatic heterocycles. The molecule has 0 heteroatoms. The highest BCUT2D eigenvalue weighted by Crippen LogP contribution is 2.65. The fourth-order valence-corrected chi connectivity index (χ4v) is 7.74.